The molecule has 0 unspecified atom stereocenters. The molecule has 0 spiro atoms. The van der Waals surface area contributed by atoms with E-state index in [-0.39, 0.29) is 6.61 Å². The summed E-state index contributed by atoms with van der Waals surface area (Å²) in [5.74, 6) is 0.703. The lowest BCUT2D eigenvalue weighted by molar-refractivity contribution is 0.281. The van der Waals surface area contributed by atoms with Gasteiger partial charge in [0.05, 0.1) is 12.2 Å². The molecule has 1 aliphatic rings. The second-order valence-electron chi connectivity index (χ2n) is 4.51. The fourth-order valence-electron chi connectivity index (χ4n) is 2.50. The van der Waals surface area contributed by atoms with Crippen molar-refractivity contribution in [2.24, 2.45) is 0 Å². The van der Waals surface area contributed by atoms with Crippen molar-refractivity contribution < 1.29 is 5.11 Å². The summed E-state index contributed by atoms with van der Waals surface area (Å²) < 4.78 is 0. The number of hydrogen-bond donors (Lipinski definition) is 1. The minimum absolute atomic E-state index is 0.159. The van der Waals surface area contributed by atoms with Crippen LogP contribution in [0.4, 0.5) is 11.5 Å². The van der Waals surface area contributed by atoms with Crippen LogP contribution in [0.2, 0.25) is 5.15 Å². The standard InChI is InChI=1S/C14H14ClN3O/c15-13-11(8-19)14(17-9-16-13)18-7-3-5-10-4-1-2-6-12(10)18/h1-2,4,6,9,19H,3,5,7-8H2. The molecule has 19 heavy (non-hydrogen) atoms. The van der Waals surface area contributed by atoms with Gasteiger partial charge in [0.2, 0.25) is 0 Å². The summed E-state index contributed by atoms with van der Waals surface area (Å²) in [7, 11) is 0. The molecule has 0 amide bonds. The number of hydrogen-bond acceptors (Lipinski definition) is 4. The lowest BCUT2D eigenvalue weighted by Crippen LogP contribution is -2.26. The maximum atomic E-state index is 9.49. The van der Waals surface area contributed by atoms with Gasteiger partial charge in [-0.1, -0.05) is 29.8 Å². The number of halogens is 1. The van der Waals surface area contributed by atoms with Crippen LogP contribution in [-0.2, 0) is 13.0 Å². The summed E-state index contributed by atoms with van der Waals surface area (Å²) in [6.45, 7) is 0.713. The van der Waals surface area contributed by atoms with Gasteiger partial charge in [0.25, 0.3) is 0 Å². The van der Waals surface area contributed by atoms with E-state index in [1.165, 1.54) is 11.9 Å². The van der Waals surface area contributed by atoms with Gasteiger partial charge < -0.3 is 10.0 Å². The molecule has 0 saturated heterocycles. The summed E-state index contributed by atoms with van der Waals surface area (Å²) in [4.78, 5) is 10.3. The van der Waals surface area contributed by atoms with Crippen molar-refractivity contribution in [2.45, 2.75) is 19.4 Å². The van der Waals surface area contributed by atoms with Crippen molar-refractivity contribution in [3.63, 3.8) is 0 Å². The number of benzene rings is 1. The molecule has 1 N–H and O–H groups in total. The Balaban J connectivity index is 2.12. The Bertz CT molecular complexity index is 603. The van der Waals surface area contributed by atoms with E-state index in [4.69, 9.17) is 11.6 Å². The highest BCUT2D eigenvalue weighted by Crippen LogP contribution is 2.35. The molecular formula is C14H14ClN3O. The van der Waals surface area contributed by atoms with Crippen LogP contribution in [0.5, 0.6) is 0 Å². The Morgan fingerprint density at radius 2 is 2.11 bits per heavy atom. The van der Waals surface area contributed by atoms with Crippen molar-refractivity contribution in [2.75, 3.05) is 11.4 Å². The van der Waals surface area contributed by atoms with Gasteiger partial charge in [-0.05, 0) is 24.5 Å². The Morgan fingerprint density at radius 1 is 1.26 bits per heavy atom. The zero-order valence-corrected chi connectivity index (χ0v) is 11.1. The number of aryl methyl sites for hydroxylation is 1. The van der Waals surface area contributed by atoms with Crippen LogP contribution in [0, 0.1) is 0 Å². The second-order valence-corrected chi connectivity index (χ2v) is 4.87. The zero-order valence-electron chi connectivity index (χ0n) is 10.4. The average molecular weight is 276 g/mol. The highest BCUT2D eigenvalue weighted by Gasteiger charge is 2.22. The van der Waals surface area contributed by atoms with Gasteiger partial charge in [-0.3, -0.25) is 0 Å². The Morgan fingerprint density at radius 3 is 2.95 bits per heavy atom. The molecule has 0 atom stereocenters. The van der Waals surface area contributed by atoms with Gasteiger partial charge in [-0.15, -0.1) is 0 Å². The van der Waals surface area contributed by atoms with Crippen molar-refractivity contribution in [1.29, 1.82) is 0 Å². The second kappa shape index (κ2) is 5.15. The molecule has 1 aromatic heterocycles. The zero-order chi connectivity index (χ0) is 13.2. The van der Waals surface area contributed by atoms with Crippen molar-refractivity contribution in [3.8, 4) is 0 Å². The molecule has 0 bridgehead atoms. The van der Waals surface area contributed by atoms with E-state index in [0.29, 0.717) is 16.5 Å². The fraction of sp³-hybridized carbons (Fsp3) is 0.286. The van der Waals surface area contributed by atoms with Crippen molar-refractivity contribution in [1.82, 2.24) is 9.97 Å². The fourth-order valence-corrected chi connectivity index (χ4v) is 2.69. The molecule has 0 saturated carbocycles. The van der Waals surface area contributed by atoms with E-state index in [0.717, 1.165) is 25.1 Å². The van der Waals surface area contributed by atoms with Crippen LogP contribution >= 0.6 is 11.6 Å². The predicted molar refractivity (Wildman–Crippen MR) is 74.7 cm³/mol. The summed E-state index contributed by atoms with van der Waals surface area (Å²) in [5.41, 5.74) is 3.02. The van der Waals surface area contributed by atoms with Gasteiger partial charge in [0.15, 0.2) is 0 Å². The van der Waals surface area contributed by atoms with Crippen molar-refractivity contribution >= 4 is 23.1 Å². The number of nitrogens with zero attached hydrogens (tertiary/aromatic N) is 3. The monoisotopic (exact) mass is 275 g/mol. The first-order chi connectivity index (χ1) is 9.31. The molecule has 2 heterocycles. The Kier molecular flexibility index (Phi) is 3.36. The Hall–Kier alpha value is -1.65. The number of aliphatic hydroxyl groups is 1. The average Bonchev–Trinajstić information content (AvgIpc) is 2.46. The highest BCUT2D eigenvalue weighted by atomic mass is 35.5. The minimum Gasteiger partial charge on any atom is -0.391 e. The molecule has 3 rings (SSSR count). The number of para-hydroxylation sites is 1. The normalized spacial score (nSPS) is 14.3. The Labute approximate surface area is 116 Å². The van der Waals surface area contributed by atoms with Gasteiger partial charge in [-0.25, -0.2) is 9.97 Å². The quantitative estimate of drug-likeness (QED) is 0.856. The number of aromatic nitrogens is 2. The van der Waals surface area contributed by atoms with E-state index in [2.05, 4.69) is 27.0 Å². The lowest BCUT2D eigenvalue weighted by atomic mass is 10.0. The highest BCUT2D eigenvalue weighted by molar-refractivity contribution is 6.30. The summed E-state index contributed by atoms with van der Waals surface area (Å²) in [5, 5.41) is 9.80. The summed E-state index contributed by atoms with van der Waals surface area (Å²) in [6.07, 6.45) is 3.57. The van der Waals surface area contributed by atoms with E-state index >= 15 is 0 Å². The smallest absolute Gasteiger partial charge is 0.143 e. The van der Waals surface area contributed by atoms with Crippen LogP contribution in [0.3, 0.4) is 0 Å². The first-order valence-corrected chi connectivity index (χ1v) is 6.64. The van der Waals surface area contributed by atoms with Gasteiger partial charge in [-0.2, -0.15) is 0 Å². The molecule has 0 aliphatic carbocycles. The molecular weight excluding hydrogens is 262 g/mol. The van der Waals surface area contributed by atoms with Crippen molar-refractivity contribution in [3.05, 3.63) is 46.9 Å². The summed E-state index contributed by atoms with van der Waals surface area (Å²) >= 11 is 6.04. The van der Waals surface area contributed by atoms with Crippen LogP contribution < -0.4 is 4.90 Å². The number of rotatable bonds is 2. The van der Waals surface area contributed by atoms with Gasteiger partial charge >= 0.3 is 0 Å². The largest absolute Gasteiger partial charge is 0.391 e. The van der Waals surface area contributed by atoms with E-state index in [1.807, 2.05) is 12.1 Å². The number of aliphatic hydroxyl groups excluding tert-OH is 1. The van der Waals surface area contributed by atoms with E-state index < -0.39 is 0 Å². The molecule has 5 heteroatoms. The number of fused-ring (bicyclic) bond motifs is 1. The maximum Gasteiger partial charge on any atom is 0.143 e. The van der Waals surface area contributed by atoms with Crippen LogP contribution in [0.1, 0.15) is 17.5 Å². The first kappa shape index (κ1) is 12.4. The molecule has 0 fully saturated rings. The SMILES string of the molecule is OCc1c(Cl)ncnc1N1CCCc2ccccc21. The minimum atomic E-state index is -0.159. The van der Waals surface area contributed by atoms with Gasteiger partial charge in [0, 0.05) is 12.2 Å². The molecule has 2 aromatic rings. The molecule has 98 valence electrons. The van der Waals surface area contributed by atoms with E-state index in [1.54, 1.807) is 0 Å². The van der Waals surface area contributed by atoms with Gasteiger partial charge in [0.1, 0.15) is 17.3 Å². The topological polar surface area (TPSA) is 49.3 Å². The molecule has 4 nitrogen and oxygen atoms in total. The van der Waals surface area contributed by atoms with Crippen LogP contribution in [-0.4, -0.2) is 21.6 Å². The van der Waals surface area contributed by atoms with Crippen LogP contribution in [0.25, 0.3) is 0 Å². The summed E-state index contributed by atoms with van der Waals surface area (Å²) in [6, 6.07) is 8.26. The molecule has 1 aliphatic heterocycles. The molecule has 1 aromatic carbocycles. The first-order valence-electron chi connectivity index (χ1n) is 6.27. The lowest BCUT2D eigenvalue weighted by Gasteiger charge is -2.31. The predicted octanol–water partition coefficient (Wildman–Crippen LogP) is 2.71. The maximum absolute atomic E-state index is 9.49. The van der Waals surface area contributed by atoms with Crippen LogP contribution in [0.15, 0.2) is 30.6 Å². The number of anilines is 2. The third-order valence-corrected chi connectivity index (χ3v) is 3.72. The third kappa shape index (κ3) is 2.17. The molecule has 0 radical (unpaired) electrons. The van der Waals surface area contributed by atoms with E-state index in [9.17, 15) is 5.11 Å². The third-order valence-electron chi connectivity index (χ3n) is 3.39.